The predicted octanol–water partition coefficient (Wildman–Crippen LogP) is 2.00. The minimum absolute atomic E-state index is 0.300. The van der Waals surface area contributed by atoms with Gasteiger partial charge in [-0.1, -0.05) is 12.1 Å². The maximum Gasteiger partial charge on any atom is 0.343 e. The Morgan fingerprint density at radius 1 is 0.889 bits per heavy atom. The molecular weight excluding hydrogens is 356 g/mol. The van der Waals surface area contributed by atoms with Crippen LogP contribution in [0.5, 0.6) is 11.5 Å². The monoisotopic (exact) mass is 380 g/mol. The van der Waals surface area contributed by atoms with Gasteiger partial charge in [0.15, 0.2) is 35.5 Å². The number of hydrogen-bond acceptors (Lipinski definition) is 8. The molecule has 0 aromatic heterocycles. The molecule has 3 aliphatic rings. The highest BCUT2D eigenvalue weighted by atomic mass is 16.9. The molecule has 0 aliphatic carbocycles. The van der Waals surface area contributed by atoms with Crippen LogP contribution in [0, 0.1) is 0 Å². The molecule has 8 nitrogen and oxygen atoms in total. The zero-order valence-corrected chi connectivity index (χ0v) is 16.0. The Labute approximate surface area is 157 Å². The Morgan fingerprint density at radius 2 is 1.48 bits per heavy atom. The first-order valence-corrected chi connectivity index (χ1v) is 8.90. The Bertz CT molecular complexity index is 730. The van der Waals surface area contributed by atoms with Crippen LogP contribution < -0.4 is 9.47 Å². The average Bonchev–Trinajstić information content (AvgIpc) is 3.08. The molecule has 5 atom stereocenters. The molecule has 0 N–H and O–H groups in total. The Morgan fingerprint density at radius 3 is 2.19 bits per heavy atom. The van der Waals surface area contributed by atoms with Gasteiger partial charge in [0.05, 0.1) is 7.11 Å². The van der Waals surface area contributed by atoms with Gasteiger partial charge in [0.25, 0.3) is 0 Å². The Hall–Kier alpha value is -1.71. The summed E-state index contributed by atoms with van der Waals surface area (Å²) in [4.78, 5) is 12.9. The molecule has 0 unspecified atom stereocenters. The minimum Gasteiger partial charge on any atom is -0.493 e. The highest BCUT2D eigenvalue weighted by molar-refractivity contribution is 5.79. The molecule has 0 bridgehead atoms. The summed E-state index contributed by atoms with van der Waals surface area (Å²) in [7, 11) is 1.51. The number of benzene rings is 1. The molecule has 27 heavy (non-hydrogen) atoms. The zero-order valence-electron chi connectivity index (χ0n) is 16.0. The molecule has 3 heterocycles. The molecule has 0 saturated carbocycles. The fourth-order valence-corrected chi connectivity index (χ4v) is 3.67. The number of carbonyl (C=O) groups is 1. The van der Waals surface area contributed by atoms with Gasteiger partial charge < -0.3 is 33.2 Å². The summed E-state index contributed by atoms with van der Waals surface area (Å²) >= 11 is 0. The number of carbonyl (C=O) groups excluding carboxylic acids is 1. The number of para-hydroxylation sites is 2. The molecule has 0 spiro atoms. The van der Waals surface area contributed by atoms with Gasteiger partial charge in [0.2, 0.25) is 0 Å². The molecule has 4 rings (SSSR count). The van der Waals surface area contributed by atoms with E-state index < -0.39 is 48.2 Å². The van der Waals surface area contributed by atoms with E-state index in [1.54, 1.807) is 52.0 Å². The van der Waals surface area contributed by atoms with Crippen LogP contribution in [0.4, 0.5) is 0 Å². The first kappa shape index (κ1) is 18.6. The van der Waals surface area contributed by atoms with Gasteiger partial charge in [0.1, 0.15) is 18.3 Å². The van der Waals surface area contributed by atoms with E-state index in [0.717, 1.165) is 0 Å². The number of esters is 1. The average molecular weight is 380 g/mol. The second-order valence-electron chi connectivity index (χ2n) is 7.66. The summed E-state index contributed by atoms with van der Waals surface area (Å²) < 4.78 is 40.3. The Kier molecular flexibility index (Phi) is 4.44. The summed E-state index contributed by atoms with van der Waals surface area (Å²) in [6.07, 6.45) is -3.48. The van der Waals surface area contributed by atoms with Crippen LogP contribution in [0.1, 0.15) is 27.7 Å². The van der Waals surface area contributed by atoms with Gasteiger partial charge in [-0.3, -0.25) is 0 Å². The van der Waals surface area contributed by atoms with E-state index in [1.807, 2.05) is 0 Å². The summed E-state index contributed by atoms with van der Waals surface area (Å²) in [6.45, 7) is 7.13. The maximum atomic E-state index is 12.9. The first-order chi connectivity index (χ1) is 12.7. The van der Waals surface area contributed by atoms with Crippen molar-refractivity contribution >= 4 is 5.97 Å². The lowest BCUT2D eigenvalue weighted by Gasteiger charge is -2.35. The molecule has 3 aliphatic heterocycles. The van der Waals surface area contributed by atoms with Crippen molar-refractivity contribution < 1.29 is 38.0 Å². The largest absolute Gasteiger partial charge is 0.493 e. The summed E-state index contributed by atoms with van der Waals surface area (Å²) in [6, 6.07) is 6.89. The number of ether oxygens (including phenoxy) is 7. The lowest BCUT2D eigenvalue weighted by molar-refractivity contribution is -0.236. The standard InChI is InChI=1S/C19H24O8/c1-18(2)24-12-13(25-18)15-17(27-19(3,4)26-15)23-14(12)16(20)22-11-9-7-6-8-10(11)21-5/h6-9,12-15,17H,1-5H3/t12-,13-,14-,15-,17+/m1/s1. The summed E-state index contributed by atoms with van der Waals surface area (Å²) in [5.74, 6) is -1.59. The number of methoxy groups -OCH3 is 1. The summed E-state index contributed by atoms with van der Waals surface area (Å²) in [5.41, 5.74) is 0. The van der Waals surface area contributed by atoms with Gasteiger partial charge in [-0.25, -0.2) is 4.79 Å². The van der Waals surface area contributed by atoms with Gasteiger partial charge in [0, 0.05) is 0 Å². The van der Waals surface area contributed by atoms with Crippen molar-refractivity contribution in [1.29, 1.82) is 0 Å². The van der Waals surface area contributed by atoms with E-state index in [4.69, 9.17) is 33.2 Å². The predicted molar refractivity (Wildman–Crippen MR) is 91.2 cm³/mol. The fraction of sp³-hybridized carbons (Fsp3) is 0.632. The molecule has 8 heteroatoms. The zero-order chi connectivity index (χ0) is 19.4. The SMILES string of the molecule is COc1ccccc1OC(=O)[C@@H]1O[C@H]2OC(C)(C)O[C@@H]2[C@@H]2OC(C)(C)O[C@H]21. The van der Waals surface area contributed by atoms with E-state index in [2.05, 4.69) is 0 Å². The van der Waals surface area contributed by atoms with Crippen molar-refractivity contribution in [2.45, 2.75) is 70.0 Å². The molecule has 1 aromatic carbocycles. The van der Waals surface area contributed by atoms with Gasteiger partial charge >= 0.3 is 5.97 Å². The third kappa shape index (κ3) is 3.43. The van der Waals surface area contributed by atoms with Crippen molar-refractivity contribution in [2.75, 3.05) is 7.11 Å². The third-order valence-electron chi connectivity index (χ3n) is 4.67. The second-order valence-corrected chi connectivity index (χ2v) is 7.66. The molecule has 0 radical (unpaired) electrons. The third-order valence-corrected chi connectivity index (χ3v) is 4.67. The van der Waals surface area contributed by atoms with Crippen LogP contribution in [-0.4, -0.2) is 55.4 Å². The van der Waals surface area contributed by atoms with E-state index in [-0.39, 0.29) is 0 Å². The van der Waals surface area contributed by atoms with Crippen LogP contribution in [0.25, 0.3) is 0 Å². The molecular formula is C19H24O8. The van der Waals surface area contributed by atoms with Crippen molar-refractivity contribution in [3.8, 4) is 11.5 Å². The number of hydrogen-bond donors (Lipinski definition) is 0. The normalized spacial score (nSPS) is 36.0. The molecule has 148 valence electrons. The van der Waals surface area contributed by atoms with Crippen LogP contribution in [0.3, 0.4) is 0 Å². The molecule has 1 aromatic rings. The van der Waals surface area contributed by atoms with E-state index in [1.165, 1.54) is 7.11 Å². The number of rotatable bonds is 3. The van der Waals surface area contributed by atoms with Crippen molar-refractivity contribution in [1.82, 2.24) is 0 Å². The smallest absolute Gasteiger partial charge is 0.343 e. The van der Waals surface area contributed by atoms with Gasteiger partial charge in [-0.15, -0.1) is 0 Å². The fourth-order valence-electron chi connectivity index (χ4n) is 3.67. The lowest BCUT2D eigenvalue weighted by Crippen LogP contribution is -2.58. The van der Waals surface area contributed by atoms with Crippen LogP contribution in [0.15, 0.2) is 24.3 Å². The van der Waals surface area contributed by atoms with Gasteiger partial charge in [-0.2, -0.15) is 0 Å². The minimum atomic E-state index is -1.03. The molecule has 0 amide bonds. The van der Waals surface area contributed by atoms with Crippen molar-refractivity contribution in [3.05, 3.63) is 24.3 Å². The molecule has 3 saturated heterocycles. The highest BCUT2D eigenvalue weighted by Gasteiger charge is 2.62. The first-order valence-electron chi connectivity index (χ1n) is 8.90. The number of fused-ring (bicyclic) bond motifs is 3. The maximum absolute atomic E-state index is 12.9. The van der Waals surface area contributed by atoms with E-state index in [9.17, 15) is 4.79 Å². The summed E-state index contributed by atoms with van der Waals surface area (Å²) in [5, 5.41) is 0. The van der Waals surface area contributed by atoms with Crippen molar-refractivity contribution in [3.63, 3.8) is 0 Å². The quantitative estimate of drug-likeness (QED) is 0.582. The van der Waals surface area contributed by atoms with Crippen LogP contribution in [0.2, 0.25) is 0 Å². The van der Waals surface area contributed by atoms with Crippen LogP contribution in [-0.2, 0) is 28.5 Å². The van der Waals surface area contributed by atoms with Crippen molar-refractivity contribution in [2.24, 2.45) is 0 Å². The topological polar surface area (TPSA) is 81.7 Å². The van der Waals surface area contributed by atoms with Gasteiger partial charge in [-0.05, 0) is 39.8 Å². The highest BCUT2D eigenvalue weighted by Crippen LogP contribution is 2.44. The second kappa shape index (κ2) is 6.42. The van der Waals surface area contributed by atoms with E-state index in [0.29, 0.717) is 11.5 Å². The van der Waals surface area contributed by atoms with E-state index >= 15 is 0 Å². The van der Waals surface area contributed by atoms with Crippen LogP contribution >= 0.6 is 0 Å². The Balaban J connectivity index is 1.59. The molecule has 3 fully saturated rings. The lowest BCUT2D eigenvalue weighted by atomic mass is 9.99.